The summed E-state index contributed by atoms with van der Waals surface area (Å²) in [6.07, 6.45) is 2.14. The van der Waals surface area contributed by atoms with Crippen molar-refractivity contribution in [2.45, 2.75) is 62.5 Å². The number of amides is 2. The van der Waals surface area contributed by atoms with Gasteiger partial charge in [0.15, 0.2) is 11.4 Å². The highest BCUT2D eigenvalue weighted by atomic mass is 32.2. The van der Waals surface area contributed by atoms with Crippen LogP contribution in [-0.4, -0.2) is 44.0 Å². The Morgan fingerprint density at radius 2 is 1.66 bits per heavy atom. The third-order valence-corrected chi connectivity index (χ3v) is 9.37. The number of carbonyl (C=O) groups excluding carboxylic acids is 2. The van der Waals surface area contributed by atoms with Gasteiger partial charge in [0.1, 0.15) is 6.33 Å². The zero-order chi connectivity index (χ0) is 34.7. The average molecular weight is 693 g/mol. The average Bonchev–Trinajstić information content (AvgIpc) is 3.68. The van der Waals surface area contributed by atoms with Gasteiger partial charge in [-0.2, -0.15) is 5.10 Å². The van der Waals surface area contributed by atoms with E-state index in [4.69, 9.17) is 15.2 Å². The smallest absolute Gasteiger partial charge is 0.224 e. The molecule has 258 valence electrons. The molecule has 12 heteroatoms. The van der Waals surface area contributed by atoms with Crippen LogP contribution in [0.1, 0.15) is 60.3 Å². The van der Waals surface area contributed by atoms with Crippen LogP contribution in [0, 0.1) is 0 Å². The van der Waals surface area contributed by atoms with E-state index in [0.29, 0.717) is 36.5 Å². The molecule has 11 nitrogen and oxygen atoms in total. The molecule has 1 aliphatic heterocycles. The Labute approximate surface area is 295 Å². The molecule has 3 atom stereocenters. The molecule has 2 heterocycles. The minimum absolute atomic E-state index is 0.0133. The van der Waals surface area contributed by atoms with Crippen molar-refractivity contribution in [1.29, 1.82) is 0 Å². The molecule has 1 saturated heterocycles. The van der Waals surface area contributed by atoms with Crippen molar-refractivity contribution in [1.82, 2.24) is 20.5 Å². The Morgan fingerprint density at radius 3 is 2.44 bits per heavy atom. The highest BCUT2D eigenvalue weighted by Crippen LogP contribution is 2.40. The van der Waals surface area contributed by atoms with Crippen molar-refractivity contribution in [3.8, 4) is 11.1 Å². The zero-order valence-corrected chi connectivity index (χ0v) is 28.3. The van der Waals surface area contributed by atoms with Crippen LogP contribution in [0.4, 0.5) is 11.4 Å². The van der Waals surface area contributed by atoms with Gasteiger partial charge in [-0.3, -0.25) is 14.7 Å². The third-order valence-electron chi connectivity index (χ3n) is 8.37. The lowest BCUT2D eigenvalue weighted by atomic mass is 9.99. The molecule has 1 aliphatic rings. The van der Waals surface area contributed by atoms with Crippen molar-refractivity contribution in [2.75, 3.05) is 16.8 Å². The summed E-state index contributed by atoms with van der Waals surface area (Å²) in [6, 6.07) is 31.1. The molecule has 6 rings (SSSR count). The van der Waals surface area contributed by atoms with Crippen LogP contribution in [0.5, 0.6) is 0 Å². The molecule has 4 aromatic carbocycles. The predicted molar refractivity (Wildman–Crippen MR) is 193 cm³/mol. The summed E-state index contributed by atoms with van der Waals surface area (Å²) in [6.45, 7) is 0.357. The molecule has 0 spiro atoms. The maximum absolute atomic E-state index is 12.6. The van der Waals surface area contributed by atoms with Gasteiger partial charge in [-0.15, -0.1) is 0 Å². The number of aliphatic hydroxyl groups is 1. The number of benzene rings is 4. The summed E-state index contributed by atoms with van der Waals surface area (Å²) in [5.41, 5.74) is 12.7. The van der Waals surface area contributed by atoms with E-state index in [1.807, 2.05) is 60.7 Å². The van der Waals surface area contributed by atoms with Gasteiger partial charge >= 0.3 is 0 Å². The molecule has 50 heavy (non-hydrogen) atoms. The van der Waals surface area contributed by atoms with Crippen LogP contribution in [0.15, 0.2) is 109 Å². The predicted octanol–water partition coefficient (Wildman–Crippen LogP) is 6.31. The molecule has 0 bridgehead atoms. The second-order valence-electron chi connectivity index (χ2n) is 12.0. The van der Waals surface area contributed by atoms with Gasteiger partial charge in [0.25, 0.3) is 0 Å². The standard InChI is InChI=1S/C38H40N6O5S/c39-32-10-1-2-11-33(32)43-36(47)13-5-12-35(46)40-21-26-6-3-7-28(18-26)29-8-4-9-30(19-29)37-48-31(23-50-38-41-24-42-44-38)20-34(49-37)27-16-14-25(22-45)15-17-27/h1-4,6-11,14-19,24,31,34,37,45H,5,12-13,20-23,39H2,(H,40,46)(H,43,47)(H,41,42,44)/t31-,34+,37+/m0/s1. The molecule has 5 aromatic rings. The monoisotopic (exact) mass is 692 g/mol. The minimum atomic E-state index is -0.596. The first-order valence-corrected chi connectivity index (χ1v) is 17.5. The first-order valence-electron chi connectivity index (χ1n) is 16.5. The number of aliphatic hydroxyl groups excluding tert-OH is 1. The third kappa shape index (κ3) is 9.57. The van der Waals surface area contributed by atoms with E-state index in [2.05, 4.69) is 37.9 Å². The number of nitrogens with one attached hydrogen (secondary N) is 3. The quantitative estimate of drug-likeness (QED) is 0.0663. The van der Waals surface area contributed by atoms with Crippen molar-refractivity contribution in [2.24, 2.45) is 0 Å². The Hall–Kier alpha value is -5.01. The highest BCUT2D eigenvalue weighted by Gasteiger charge is 2.32. The maximum Gasteiger partial charge on any atom is 0.224 e. The maximum atomic E-state index is 12.6. The summed E-state index contributed by atoms with van der Waals surface area (Å²) in [5, 5.41) is 22.8. The molecular formula is C38H40N6O5S. The number of para-hydroxylation sites is 2. The van der Waals surface area contributed by atoms with Crippen LogP contribution in [0.25, 0.3) is 11.1 Å². The molecule has 6 N–H and O–H groups in total. The number of aromatic amines is 1. The summed E-state index contributed by atoms with van der Waals surface area (Å²) in [7, 11) is 0. The van der Waals surface area contributed by atoms with E-state index >= 15 is 0 Å². The Kier molecular flexibility index (Phi) is 11.9. The molecule has 1 fully saturated rings. The van der Waals surface area contributed by atoms with E-state index in [9.17, 15) is 14.7 Å². The summed E-state index contributed by atoms with van der Waals surface area (Å²) < 4.78 is 13.1. The molecule has 0 saturated carbocycles. The number of hydrogen-bond donors (Lipinski definition) is 5. The van der Waals surface area contributed by atoms with Crippen molar-refractivity contribution in [3.63, 3.8) is 0 Å². The number of H-pyrrole nitrogens is 1. The van der Waals surface area contributed by atoms with E-state index in [-0.39, 0.29) is 43.5 Å². The van der Waals surface area contributed by atoms with Crippen molar-refractivity contribution in [3.05, 3.63) is 126 Å². The fourth-order valence-electron chi connectivity index (χ4n) is 5.71. The zero-order valence-electron chi connectivity index (χ0n) is 27.5. The van der Waals surface area contributed by atoms with Gasteiger partial charge in [-0.25, -0.2) is 4.98 Å². The van der Waals surface area contributed by atoms with Gasteiger partial charge < -0.3 is 30.9 Å². The molecule has 0 aliphatic carbocycles. The first kappa shape index (κ1) is 34.8. The van der Waals surface area contributed by atoms with Crippen LogP contribution in [0.3, 0.4) is 0 Å². The van der Waals surface area contributed by atoms with Gasteiger partial charge in [0, 0.05) is 37.1 Å². The Bertz CT molecular complexity index is 1870. The number of thioether (sulfide) groups is 1. The molecule has 1 aromatic heterocycles. The molecule has 0 unspecified atom stereocenters. The summed E-state index contributed by atoms with van der Waals surface area (Å²) in [5.74, 6) is 0.374. The fraction of sp³-hybridized carbons (Fsp3) is 0.263. The van der Waals surface area contributed by atoms with Gasteiger partial charge in [-0.1, -0.05) is 84.6 Å². The van der Waals surface area contributed by atoms with Gasteiger partial charge in [-0.05, 0) is 58.5 Å². The summed E-state index contributed by atoms with van der Waals surface area (Å²) in [4.78, 5) is 29.1. The number of rotatable bonds is 14. The fourth-order valence-corrected chi connectivity index (χ4v) is 6.50. The van der Waals surface area contributed by atoms with E-state index < -0.39 is 6.29 Å². The Balaban J connectivity index is 1.07. The van der Waals surface area contributed by atoms with Crippen LogP contribution >= 0.6 is 11.8 Å². The second-order valence-corrected chi connectivity index (χ2v) is 13.1. The number of hydrogen-bond acceptors (Lipinski definition) is 9. The van der Waals surface area contributed by atoms with E-state index in [1.54, 1.807) is 36.0 Å². The SMILES string of the molecule is Nc1ccccc1NC(=O)CCCC(=O)NCc1cccc(-c2cccc([C@@H]3O[C@H](CSc4ncn[nH]4)C[C@H](c4ccc(CO)cc4)O3)c2)c1. The van der Waals surface area contributed by atoms with Gasteiger partial charge in [0.05, 0.1) is 30.2 Å². The number of carbonyl (C=O) groups is 2. The minimum Gasteiger partial charge on any atom is -0.397 e. The molecule has 0 radical (unpaired) electrons. The van der Waals surface area contributed by atoms with Crippen LogP contribution in [0.2, 0.25) is 0 Å². The molecular weight excluding hydrogens is 653 g/mol. The van der Waals surface area contributed by atoms with Crippen LogP contribution in [-0.2, 0) is 32.2 Å². The Morgan fingerprint density at radius 1 is 0.880 bits per heavy atom. The number of nitrogens with two attached hydrogens (primary N) is 1. The number of aromatic nitrogens is 3. The first-order chi connectivity index (χ1) is 24.4. The lowest BCUT2D eigenvalue weighted by Crippen LogP contribution is -2.31. The summed E-state index contributed by atoms with van der Waals surface area (Å²) >= 11 is 1.55. The number of ether oxygens (including phenoxy) is 2. The largest absolute Gasteiger partial charge is 0.397 e. The van der Waals surface area contributed by atoms with Crippen molar-refractivity contribution >= 4 is 35.0 Å². The van der Waals surface area contributed by atoms with Gasteiger partial charge in [0.2, 0.25) is 11.8 Å². The highest BCUT2D eigenvalue weighted by molar-refractivity contribution is 7.99. The number of nitrogens with zero attached hydrogens (tertiary/aromatic N) is 2. The van der Waals surface area contributed by atoms with Crippen molar-refractivity contribution < 1.29 is 24.2 Å². The number of anilines is 2. The van der Waals surface area contributed by atoms with E-state index in [1.165, 1.54) is 6.33 Å². The topological polar surface area (TPSA) is 164 Å². The normalized spacial score (nSPS) is 17.3. The van der Waals surface area contributed by atoms with E-state index in [0.717, 1.165) is 38.5 Å². The molecule has 2 amide bonds. The van der Waals surface area contributed by atoms with Crippen LogP contribution < -0.4 is 16.4 Å². The lowest BCUT2D eigenvalue weighted by molar-refractivity contribution is -0.245. The second kappa shape index (κ2) is 17.1. The number of nitrogen functional groups attached to an aromatic ring is 1. The lowest BCUT2D eigenvalue weighted by Gasteiger charge is -2.36.